The highest BCUT2D eigenvalue weighted by atomic mass is 16.1. The van der Waals surface area contributed by atoms with Crippen molar-refractivity contribution in [3.8, 4) is 24.7 Å². The summed E-state index contributed by atoms with van der Waals surface area (Å²) in [5.74, 6) is 4.98. The lowest BCUT2D eigenvalue weighted by molar-refractivity contribution is 0.100. The Morgan fingerprint density at radius 1 is 0.864 bits per heavy atom. The SMILES string of the molecule is C#Cc1cccc(C(C)=O)c1.C#Cc1ccccc1C(C)=O. The van der Waals surface area contributed by atoms with E-state index in [4.69, 9.17) is 12.8 Å². The summed E-state index contributed by atoms with van der Waals surface area (Å²) in [6.45, 7) is 3.03. The summed E-state index contributed by atoms with van der Waals surface area (Å²) in [6.07, 6.45) is 10.3. The number of hydrogen-bond acceptors (Lipinski definition) is 2. The zero-order valence-electron chi connectivity index (χ0n) is 12.6. The summed E-state index contributed by atoms with van der Waals surface area (Å²) in [7, 11) is 0. The molecule has 0 aliphatic carbocycles. The van der Waals surface area contributed by atoms with Crippen LogP contribution >= 0.6 is 0 Å². The van der Waals surface area contributed by atoms with Crippen molar-refractivity contribution in [2.24, 2.45) is 0 Å². The van der Waals surface area contributed by atoms with E-state index in [0.29, 0.717) is 16.7 Å². The molecule has 2 nitrogen and oxygen atoms in total. The topological polar surface area (TPSA) is 34.1 Å². The van der Waals surface area contributed by atoms with Gasteiger partial charge in [0.15, 0.2) is 11.6 Å². The fraction of sp³-hybridized carbons (Fsp3) is 0.100. The quantitative estimate of drug-likeness (QED) is 0.623. The number of carbonyl (C=O) groups excluding carboxylic acids is 2. The Hall–Kier alpha value is -3.10. The van der Waals surface area contributed by atoms with Gasteiger partial charge in [-0.1, -0.05) is 42.2 Å². The summed E-state index contributed by atoms with van der Waals surface area (Å²) in [5, 5.41) is 0. The molecule has 22 heavy (non-hydrogen) atoms. The van der Waals surface area contributed by atoms with Gasteiger partial charge in [-0.25, -0.2) is 0 Å². The monoisotopic (exact) mass is 288 g/mol. The highest BCUT2D eigenvalue weighted by Crippen LogP contribution is 2.07. The Balaban J connectivity index is 0.000000220. The first-order valence-corrected chi connectivity index (χ1v) is 6.63. The Morgan fingerprint density at radius 3 is 2.05 bits per heavy atom. The molecule has 2 heteroatoms. The molecule has 0 amide bonds. The summed E-state index contributed by atoms with van der Waals surface area (Å²) in [4.78, 5) is 21.8. The second-order valence-corrected chi connectivity index (χ2v) is 4.53. The molecule has 0 N–H and O–H groups in total. The van der Waals surface area contributed by atoms with Crippen LogP contribution in [0.4, 0.5) is 0 Å². The van der Waals surface area contributed by atoms with Crippen molar-refractivity contribution in [3.63, 3.8) is 0 Å². The largest absolute Gasteiger partial charge is 0.295 e. The van der Waals surface area contributed by atoms with Crippen molar-refractivity contribution in [2.75, 3.05) is 0 Å². The smallest absolute Gasteiger partial charge is 0.161 e. The third-order valence-electron chi connectivity index (χ3n) is 2.90. The van der Waals surface area contributed by atoms with E-state index in [1.54, 1.807) is 42.5 Å². The van der Waals surface area contributed by atoms with E-state index in [9.17, 15) is 9.59 Å². The lowest BCUT2D eigenvalue weighted by atomic mass is 10.1. The predicted octanol–water partition coefficient (Wildman–Crippen LogP) is 3.74. The highest BCUT2D eigenvalue weighted by molar-refractivity contribution is 5.96. The van der Waals surface area contributed by atoms with Gasteiger partial charge in [0.25, 0.3) is 0 Å². The van der Waals surface area contributed by atoms with Crippen LogP contribution in [-0.4, -0.2) is 11.6 Å². The summed E-state index contributed by atoms with van der Waals surface area (Å²) in [5.41, 5.74) is 2.70. The molecule has 2 aromatic carbocycles. The minimum absolute atomic E-state index is 0.0125. The first-order valence-electron chi connectivity index (χ1n) is 6.63. The van der Waals surface area contributed by atoms with Gasteiger partial charge in [0, 0.05) is 22.3 Å². The molecule has 0 bridgehead atoms. The Labute approximate surface area is 131 Å². The van der Waals surface area contributed by atoms with Crippen LogP contribution in [-0.2, 0) is 0 Å². The van der Waals surface area contributed by atoms with Gasteiger partial charge >= 0.3 is 0 Å². The first kappa shape index (κ1) is 17.0. The maximum absolute atomic E-state index is 10.9. The van der Waals surface area contributed by atoms with Crippen LogP contribution in [0, 0.1) is 24.7 Å². The molecule has 0 aliphatic rings. The normalized spacial score (nSPS) is 8.73. The number of Topliss-reactive ketones (excluding diaryl/α,β-unsaturated/α-hetero) is 2. The number of terminal acetylenes is 2. The van der Waals surface area contributed by atoms with Crippen LogP contribution in [0.25, 0.3) is 0 Å². The summed E-state index contributed by atoms with van der Waals surface area (Å²) < 4.78 is 0. The Morgan fingerprint density at radius 2 is 1.55 bits per heavy atom. The van der Waals surface area contributed by atoms with Gasteiger partial charge in [-0.05, 0) is 32.0 Å². The van der Waals surface area contributed by atoms with E-state index in [1.807, 2.05) is 6.07 Å². The van der Waals surface area contributed by atoms with Gasteiger partial charge in [0.05, 0.1) is 0 Å². The molecular formula is C20H16O2. The molecule has 0 saturated carbocycles. The molecule has 108 valence electrons. The van der Waals surface area contributed by atoms with Crippen LogP contribution in [0.3, 0.4) is 0 Å². The lowest BCUT2D eigenvalue weighted by Crippen LogP contribution is -1.94. The standard InChI is InChI=1S/2C10H8O/c1-3-9-5-4-6-10(7-9)8(2)11;1-3-9-6-4-5-7-10(9)8(2)11/h2*1,4-7H,2H3. The average Bonchev–Trinajstić information content (AvgIpc) is 2.55. The third-order valence-corrected chi connectivity index (χ3v) is 2.90. The maximum atomic E-state index is 10.9. The molecule has 2 rings (SSSR count). The van der Waals surface area contributed by atoms with Crippen molar-refractivity contribution in [1.82, 2.24) is 0 Å². The Bertz CT molecular complexity index is 771. The lowest BCUT2D eigenvalue weighted by Gasteiger charge is -1.97. The molecule has 0 aromatic heterocycles. The molecule has 0 radical (unpaired) electrons. The van der Waals surface area contributed by atoms with E-state index >= 15 is 0 Å². The van der Waals surface area contributed by atoms with Gasteiger partial charge in [-0.3, -0.25) is 9.59 Å². The summed E-state index contributed by atoms with van der Waals surface area (Å²) in [6, 6.07) is 14.2. The number of benzene rings is 2. The fourth-order valence-corrected chi connectivity index (χ4v) is 1.74. The van der Waals surface area contributed by atoms with E-state index in [-0.39, 0.29) is 11.6 Å². The average molecular weight is 288 g/mol. The number of ketones is 2. The maximum Gasteiger partial charge on any atom is 0.161 e. The van der Waals surface area contributed by atoms with Crippen molar-refractivity contribution >= 4 is 11.6 Å². The van der Waals surface area contributed by atoms with Crippen LogP contribution in [0.2, 0.25) is 0 Å². The second kappa shape index (κ2) is 8.25. The van der Waals surface area contributed by atoms with Crippen molar-refractivity contribution in [3.05, 3.63) is 70.8 Å². The number of hydrogen-bond donors (Lipinski definition) is 0. The van der Waals surface area contributed by atoms with E-state index in [2.05, 4.69) is 11.8 Å². The van der Waals surface area contributed by atoms with Crippen molar-refractivity contribution in [2.45, 2.75) is 13.8 Å². The van der Waals surface area contributed by atoms with Crippen LogP contribution in [0.15, 0.2) is 48.5 Å². The zero-order valence-corrected chi connectivity index (χ0v) is 12.6. The molecule has 0 unspecified atom stereocenters. The van der Waals surface area contributed by atoms with E-state index in [1.165, 1.54) is 13.8 Å². The van der Waals surface area contributed by atoms with Crippen molar-refractivity contribution < 1.29 is 9.59 Å². The van der Waals surface area contributed by atoms with Gasteiger partial charge in [0.1, 0.15) is 0 Å². The second-order valence-electron chi connectivity index (χ2n) is 4.53. The van der Waals surface area contributed by atoms with Gasteiger partial charge in [-0.2, -0.15) is 0 Å². The van der Waals surface area contributed by atoms with E-state index < -0.39 is 0 Å². The summed E-state index contributed by atoms with van der Waals surface area (Å²) >= 11 is 0. The minimum Gasteiger partial charge on any atom is -0.295 e. The van der Waals surface area contributed by atoms with Gasteiger partial charge in [0.2, 0.25) is 0 Å². The van der Waals surface area contributed by atoms with Gasteiger partial charge in [-0.15, -0.1) is 12.8 Å². The predicted molar refractivity (Wildman–Crippen MR) is 88.8 cm³/mol. The minimum atomic E-state index is 0.0125. The molecule has 0 heterocycles. The molecule has 0 atom stereocenters. The van der Waals surface area contributed by atoms with Gasteiger partial charge < -0.3 is 0 Å². The van der Waals surface area contributed by atoms with Crippen LogP contribution in [0.1, 0.15) is 45.7 Å². The fourth-order valence-electron chi connectivity index (χ4n) is 1.74. The van der Waals surface area contributed by atoms with Crippen LogP contribution < -0.4 is 0 Å². The first-order chi connectivity index (χ1) is 10.5. The highest BCUT2D eigenvalue weighted by Gasteiger charge is 2.02. The Kier molecular flexibility index (Phi) is 6.35. The zero-order chi connectivity index (χ0) is 16.5. The van der Waals surface area contributed by atoms with Crippen LogP contribution in [0.5, 0.6) is 0 Å². The molecule has 0 aliphatic heterocycles. The molecule has 0 spiro atoms. The van der Waals surface area contributed by atoms with Crippen molar-refractivity contribution in [1.29, 1.82) is 0 Å². The molecule has 2 aromatic rings. The molecular weight excluding hydrogens is 272 g/mol. The third kappa shape index (κ3) is 4.78. The number of carbonyl (C=O) groups is 2. The molecule has 0 fully saturated rings. The molecule has 0 saturated heterocycles. The van der Waals surface area contributed by atoms with E-state index in [0.717, 1.165) is 5.56 Å². The number of rotatable bonds is 2.